The van der Waals surface area contributed by atoms with Gasteiger partial charge >= 0.3 is 0 Å². The number of nitrogens with zero attached hydrogens (tertiary/aromatic N) is 6. The molecule has 0 radical (unpaired) electrons. The molecular formula is C29H34N6O6. The van der Waals surface area contributed by atoms with Crippen molar-refractivity contribution < 1.29 is 24.2 Å². The van der Waals surface area contributed by atoms with Gasteiger partial charge in [0.05, 0.1) is 26.4 Å². The summed E-state index contributed by atoms with van der Waals surface area (Å²) in [7, 11) is 0. The van der Waals surface area contributed by atoms with Crippen molar-refractivity contribution in [1.29, 1.82) is 10.5 Å². The summed E-state index contributed by atoms with van der Waals surface area (Å²) in [6, 6.07) is 3.88. The molecule has 4 rings (SSSR count). The van der Waals surface area contributed by atoms with Crippen LogP contribution in [0.3, 0.4) is 0 Å². The Bertz CT molecular complexity index is 1430. The number of pyridine rings is 1. The summed E-state index contributed by atoms with van der Waals surface area (Å²) >= 11 is 0. The standard InChI is InChI=1S/C29H34N6O6/c1-20-22(26(36)34(28(38)24(20)18-30)8-6-32-10-14-40-15-11-32)4-3-5-23-21(2)25(19-31)29(39)35(27(23)37)9-7-33-12-16-41-17-13-33/h3-5,36H,6-17H2,1-2H3. The Hall–Kier alpha value is -4.07. The lowest BCUT2D eigenvalue weighted by Gasteiger charge is -2.31. The second kappa shape index (κ2) is 13.5. The van der Waals surface area contributed by atoms with Gasteiger partial charge in [-0.15, -0.1) is 0 Å². The molecule has 0 spiro atoms. The third-order valence-corrected chi connectivity index (χ3v) is 7.68. The predicted octanol–water partition coefficient (Wildman–Crippen LogP) is 0.547. The highest BCUT2D eigenvalue weighted by molar-refractivity contribution is 6.18. The molecule has 41 heavy (non-hydrogen) atoms. The van der Waals surface area contributed by atoms with Gasteiger partial charge in [-0.25, -0.2) is 0 Å². The van der Waals surface area contributed by atoms with Gasteiger partial charge < -0.3 is 14.6 Å². The van der Waals surface area contributed by atoms with Crippen molar-refractivity contribution in [3.63, 3.8) is 0 Å². The molecule has 4 heterocycles. The number of imide groups is 1. The Morgan fingerprint density at radius 3 is 2.00 bits per heavy atom. The summed E-state index contributed by atoms with van der Waals surface area (Å²) in [5.41, 5.74) is 0.282. The molecule has 0 aromatic carbocycles. The lowest BCUT2D eigenvalue weighted by molar-refractivity contribution is -0.140. The molecule has 216 valence electrons. The minimum atomic E-state index is -0.621. The molecule has 0 bridgehead atoms. The normalized spacial score (nSPS) is 20.2. The topological polar surface area (TPSA) is 152 Å². The van der Waals surface area contributed by atoms with Crippen LogP contribution in [0.4, 0.5) is 0 Å². The fourth-order valence-electron chi connectivity index (χ4n) is 5.11. The van der Waals surface area contributed by atoms with Crippen LogP contribution < -0.4 is 5.56 Å². The molecule has 12 heteroatoms. The van der Waals surface area contributed by atoms with Crippen LogP contribution in [0.15, 0.2) is 33.7 Å². The molecule has 1 aromatic heterocycles. The zero-order valence-electron chi connectivity index (χ0n) is 23.4. The summed E-state index contributed by atoms with van der Waals surface area (Å²) < 4.78 is 11.9. The van der Waals surface area contributed by atoms with Crippen molar-refractivity contribution in [3.8, 4) is 18.0 Å². The molecule has 3 aliphatic heterocycles. The van der Waals surface area contributed by atoms with Crippen molar-refractivity contribution in [2.75, 3.05) is 72.2 Å². The van der Waals surface area contributed by atoms with Gasteiger partial charge in [-0.1, -0.05) is 6.08 Å². The Morgan fingerprint density at radius 2 is 1.44 bits per heavy atom. The van der Waals surface area contributed by atoms with E-state index in [1.165, 1.54) is 22.8 Å². The Balaban J connectivity index is 1.61. The highest BCUT2D eigenvalue weighted by Gasteiger charge is 2.35. The van der Waals surface area contributed by atoms with Crippen molar-refractivity contribution in [3.05, 3.63) is 55.9 Å². The first kappa shape index (κ1) is 29.9. The van der Waals surface area contributed by atoms with Gasteiger partial charge in [0, 0.05) is 63.5 Å². The van der Waals surface area contributed by atoms with Crippen LogP contribution in [-0.4, -0.2) is 108 Å². The number of morpholine rings is 2. The molecule has 0 aliphatic carbocycles. The molecule has 0 saturated carbocycles. The number of rotatable bonds is 8. The van der Waals surface area contributed by atoms with Gasteiger partial charge in [0.1, 0.15) is 23.3 Å². The third kappa shape index (κ3) is 6.47. The number of hydrogen-bond acceptors (Lipinski definition) is 10. The monoisotopic (exact) mass is 562 g/mol. The van der Waals surface area contributed by atoms with E-state index in [1.807, 2.05) is 12.1 Å². The van der Waals surface area contributed by atoms with Crippen molar-refractivity contribution in [2.45, 2.75) is 20.4 Å². The molecule has 2 saturated heterocycles. The molecule has 1 aromatic rings. The number of aromatic nitrogens is 1. The first-order valence-corrected chi connectivity index (χ1v) is 13.6. The lowest BCUT2D eigenvalue weighted by atomic mass is 9.94. The quantitative estimate of drug-likeness (QED) is 0.351. The molecule has 1 N–H and O–H groups in total. The van der Waals surface area contributed by atoms with E-state index in [-0.39, 0.29) is 46.8 Å². The Kier molecular flexibility index (Phi) is 9.86. The number of allylic oxidation sites excluding steroid dienone is 2. The molecule has 3 aliphatic rings. The summed E-state index contributed by atoms with van der Waals surface area (Å²) in [6.07, 6.45) is 4.52. The summed E-state index contributed by atoms with van der Waals surface area (Å²) in [6.45, 7) is 9.60. The van der Waals surface area contributed by atoms with E-state index in [4.69, 9.17) is 9.47 Å². The minimum Gasteiger partial charge on any atom is -0.494 e. The molecule has 2 fully saturated rings. The van der Waals surface area contributed by atoms with Crippen LogP contribution in [0.5, 0.6) is 5.88 Å². The van der Waals surface area contributed by atoms with Gasteiger partial charge in [0.15, 0.2) is 0 Å². The average Bonchev–Trinajstić information content (AvgIpc) is 2.97. The zero-order chi connectivity index (χ0) is 29.5. The average molecular weight is 563 g/mol. The van der Waals surface area contributed by atoms with Gasteiger partial charge in [-0.05, 0) is 37.1 Å². The first-order valence-electron chi connectivity index (χ1n) is 13.6. The van der Waals surface area contributed by atoms with Crippen LogP contribution in [-0.2, 0) is 25.6 Å². The van der Waals surface area contributed by atoms with E-state index in [0.717, 1.165) is 4.90 Å². The lowest BCUT2D eigenvalue weighted by Crippen LogP contribution is -2.48. The van der Waals surface area contributed by atoms with Crippen LogP contribution in [0, 0.1) is 29.6 Å². The van der Waals surface area contributed by atoms with E-state index in [9.17, 15) is 30.0 Å². The smallest absolute Gasteiger partial charge is 0.271 e. The first-order chi connectivity index (χ1) is 19.8. The highest BCUT2D eigenvalue weighted by Crippen LogP contribution is 2.27. The molecule has 2 amide bonds. The second-order valence-electron chi connectivity index (χ2n) is 10.0. The number of hydrogen-bond donors (Lipinski definition) is 1. The maximum Gasteiger partial charge on any atom is 0.271 e. The van der Waals surface area contributed by atoms with Crippen molar-refractivity contribution in [2.24, 2.45) is 0 Å². The van der Waals surface area contributed by atoms with Crippen LogP contribution in [0.2, 0.25) is 0 Å². The van der Waals surface area contributed by atoms with Crippen LogP contribution in [0.25, 0.3) is 6.08 Å². The maximum atomic E-state index is 13.4. The highest BCUT2D eigenvalue weighted by atomic mass is 16.5. The van der Waals surface area contributed by atoms with Crippen LogP contribution >= 0.6 is 0 Å². The van der Waals surface area contributed by atoms with E-state index in [1.54, 1.807) is 13.8 Å². The summed E-state index contributed by atoms with van der Waals surface area (Å²) in [4.78, 5) is 44.5. The van der Waals surface area contributed by atoms with Gasteiger partial charge in [-0.3, -0.25) is 33.7 Å². The van der Waals surface area contributed by atoms with Gasteiger partial charge in [-0.2, -0.15) is 10.5 Å². The molecule has 0 unspecified atom stereocenters. The number of carbonyl (C=O) groups excluding carboxylic acids is 2. The maximum absolute atomic E-state index is 13.4. The minimum absolute atomic E-state index is 0.0754. The predicted molar refractivity (Wildman–Crippen MR) is 148 cm³/mol. The van der Waals surface area contributed by atoms with Crippen molar-refractivity contribution >= 4 is 17.9 Å². The number of carbonyl (C=O) groups is 2. The number of ether oxygens (including phenoxy) is 2. The summed E-state index contributed by atoms with van der Waals surface area (Å²) in [5, 5.41) is 30.4. The number of aromatic hydroxyl groups is 1. The molecule has 0 atom stereocenters. The molecular weight excluding hydrogens is 528 g/mol. The Labute approximate surface area is 238 Å². The van der Waals surface area contributed by atoms with Gasteiger partial charge in [0.25, 0.3) is 17.4 Å². The molecule has 12 nitrogen and oxygen atoms in total. The van der Waals surface area contributed by atoms with E-state index in [2.05, 4.69) is 9.80 Å². The number of amides is 2. The van der Waals surface area contributed by atoms with E-state index < -0.39 is 17.4 Å². The summed E-state index contributed by atoms with van der Waals surface area (Å²) in [5.74, 6) is -1.42. The van der Waals surface area contributed by atoms with Crippen LogP contribution in [0.1, 0.15) is 23.6 Å². The fraction of sp³-hybridized carbons (Fsp3) is 0.483. The number of nitriles is 2. The second-order valence-corrected chi connectivity index (χ2v) is 10.0. The largest absolute Gasteiger partial charge is 0.494 e. The van der Waals surface area contributed by atoms with E-state index >= 15 is 0 Å². The van der Waals surface area contributed by atoms with Crippen molar-refractivity contribution in [1.82, 2.24) is 19.3 Å². The third-order valence-electron chi connectivity index (χ3n) is 7.68. The zero-order valence-corrected chi connectivity index (χ0v) is 23.4. The van der Waals surface area contributed by atoms with E-state index in [0.29, 0.717) is 71.3 Å². The van der Waals surface area contributed by atoms with Gasteiger partial charge in [0.2, 0.25) is 5.88 Å². The fourth-order valence-corrected chi connectivity index (χ4v) is 5.11. The Morgan fingerprint density at radius 1 is 0.854 bits per heavy atom. The SMILES string of the molecule is CC1=C(C#N)C(=O)N(CCN2CCOCC2)C(=O)C1=CC=Cc1c(C)c(C#N)c(=O)n(CCN2CCOCC2)c1O.